The fourth-order valence-corrected chi connectivity index (χ4v) is 5.05. The van der Waals surface area contributed by atoms with Gasteiger partial charge in [0, 0.05) is 11.6 Å². The van der Waals surface area contributed by atoms with Crippen molar-refractivity contribution in [1.82, 2.24) is 19.8 Å². The molecular formula is C26H34N4O5. The fourth-order valence-electron chi connectivity index (χ4n) is 5.05. The van der Waals surface area contributed by atoms with Gasteiger partial charge in [0.15, 0.2) is 5.69 Å². The molecule has 9 nitrogen and oxygen atoms in total. The van der Waals surface area contributed by atoms with E-state index in [2.05, 4.69) is 10.3 Å². The summed E-state index contributed by atoms with van der Waals surface area (Å²) in [5.41, 5.74) is -0.329. The molecule has 9 heteroatoms. The summed E-state index contributed by atoms with van der Waals surface area (Å²) in [6, 6.07) is 7.56. The van der Waals surface area contributed by atoms with Gasteiger partial charge in [-0.25, -0.2) is 9.78 Å². The minimum atomic E-state index is -1.19. The average molecular weight is 483 g/mol. The van der Waals surface area contributed by atoms with Crippen molar-refractivity contribution in [2.75, 3.05) is 13.7 Å². The van der Waals surface area contributed by atoms with Crippen molar-refractivity contribution in [3.63, 3.8) is 0 Å². The second-order valence-electron chi connectivity index (χ2n) is 9.43. The minimum Gasteiger partial charge on any atom is -0.494 e. The molecule has 2 amide bonds. The SMILES string of the molecule is CCOc1ccccc1CN1C(=O)c2c(C(=O)OC)ncn2C[C@]1(C)C(=O)NC1CCCCCC1. The summed E-state index contributed by atoms with van der Waals surface area (Å²) in [5.74, 6) is -0.681. The first-order chi connectivity index (χ1) is 16.9. The van der Waals surface area contributed by atoms with Gasteiger partial charge in [0.25, 0.3) is 5.91 Å². The van der Waals surface area contributed by atoms with Crippen LogP contribution in [0.15, 0.2) is 30.6 Å². The predicted molar refractivity (Wildman–Crippen MR) is 129 cm³/mol. The van der Waals surface area contributed by atoms with Gasteiger partial charge in [-0.3, -0.25) is 9.59 Å². The van der Waals surface area contributed by atoms with Crippen LogP contribution < -0.4 is 10.1 Å². The number of nitrogens with zero attached hydrogens (tertiary/aromatic N) is 3. The number of carbonyl (C=O) groups excluding carboxylic acids is 3. The molecule has 1 aliphatic carbocycles. The summed E-state index contributed by atoms with van der Waals surface area (Å²) in [6.45, 7) is 4.47. The van der Waals surface area contributed by atoms with Crippen LogP contribution in [-0.2, 0) is 22.6 Å². The number of benzene rings is 1. The molecular weight excluding hydrogens is 448 g/mol. The number of esters is 1. The third-order valence-electron chi connectivity index (χ3n) is 7.02. The van der Waals surface area contributed by atoms with E-state index in [0.717, 1.165) is 31.2 Å². The molecule has 0 saturated heterocycles. The van der Waals surface area contributed by atoms with Gasteiger partial charge in [-0.2, -0.15) is 0 Å². The van der Waals surface area contributed by atoms with Crippen molar-refractivity contribution in [2.24, 2.45) is 0 Å². The summed E-state index contributed by atoms with van der Waals surface area (Å²) < 4.78 is 12.2. The number of amides is 2. The first-order valence-electron chi connectivity index (χ1n) is 12.4. The Labute approximate surface area is 205 Å². The van der Waals surface area contributed by atoms with Crippen molar-refractivity contribution in [1.29, 1.82) is 0 Å². The van der Waals surface area contributed by atoms with Crippen LogP contribution in [0.5, 0.6) is 5.75 Å². The summed E-state index contributed by atoms with van der Waals surface area (Å²) in [5, 5.41) is 3.23. The summed E-state index contributed by atoms with van der Waals surface area (Å²) in [6.07, 6.45) is 7.83. The van der Waals surface area contributed by atoms with Crippen molar-refractivity contribution < 1.29 is 23.9 Å². The van der Waals surface area contributed by atoms with E-state index >= 15 is 0 Å². The largest absolute Gasteiger partial charge is 0.494 e. The van der Waals surface area contributed by atoms with Crippen molar-refractivity contribution in [3.05, 3.63) is 47.5 Å². The third-order valence-corrected chi connectivity index (χ3v) is 7.02. The number of nitrogens with one attached hydrogen (secondary N) is 1. The number of aromatic nitrogens is 2. The van der Waals surface area contributed by atoms with Gasteiger partial charge in [0.05, 0.1) is 33.1 Å². The minimum absolute atomic E-state index is 0.0492. The molecule has 1 aromatic heterocycles. The average Bonchev–Trinajstić information content (AvgIpc) is 3.10. The predicted octanol–water partition coefficient (Wildman–Crippen LogP) is 3.32. The normalized spacial score (nSPS) is 20.7. The Balaban J connectivity index is 1.72. The smallest absolute Gasteiger partial charge is 0.359 e. The van der Waals surface area contributed by atoms with Crippen molar-refractivity contribution >= 4 is 17.8 Å². The number of fused-ring (bicyclic) bond motifs is 1. The van der Waals surface area contributed by atoms with E-state index in [-0.39, 0.29) is 36.4 Å². The van der Waals surface area contributed by atoms with E-state index in [9.17, 15) is 14.4 Å². The van der Waals surface area contributed by atoms with Gasteiger partial charge in [-0.05, 0) is 32.8 Å². The molecule has 1 aromatic carbocycles. The maximum Gasteiger partial charge on any atom is 0.359 e. The molecule has 1 N–H and O–H groups in total. The van der Waals surface area contributed by atoms with Crippen LogP contribution in [0.1, 0.15) is 78.9 Å². The Morgan fingerprint density at radius 1 is 1.17 bits per heavy atom. The van der Waals surface area contributed by atoms with Crippen LogP contribution in [0.25, 0.3) is 0 Å². The number of para-hydroxylation sites is 1. The molecule has 2 aliphatic rings. The van der Waals surface area contributed by atoms with Gasteiger partial charge in [0.1, 0.15) is 17.0 Å². The highest BCUT2D eigenvalue weighted by atomic mass is 16.5. The molecule has 1 atom stereocenters. The Hall–Kier alpha value is -3.36. The van der Waals surface area contributed by atoms with Gasteiger partial charge in [-0.1, -0.05) is 43.9 Å². The quantitative estimate of drug-likeness (QED) is 0.480. The van der Waals surface area contributed by atoms with E-state index in [1.54, 1.807) is 16.4 Å². The molecule has 2 aromatic rings. The van der Waals surface area contributed by atoms with E-state index in [0.29, 0.717) is 12.4 Å². The molecule has 35 heavy (non-hydrogen) atoms. The van der Waals surface area contributed by atoms with E-state index in [1.165, 1.54) is 26.3 Å². The molecule has 1 saturated carbocycles. The maximum absolute atomic E-state index is 13.9. The first kappa shape index (κ1) is 24.8. The number of hydrogen-bond acceptors (Lipinski definition) is 6. The first-order valence-corrected chi connectivity index (χ1v) is 12.4. The van der Waals surface area contributed by atoms with Crippen molar-refractivity contribution in [3.8, 4) is 5.75 Å². The third kappa shape index (κ3) is 4.90. The second kappa shape index (κ2) is 10.5. The van der Waals surface area contributed by atoms with E-state index < -0.39 is 17.4 Å². The van der Waals surface area contributed by atoms with Crippen molar-refractivity contribution in [2.45, 2.75) is 77.0 Å². The van der Waals surface area contributed by atoms with Crippen LogP contribution >= 0.6 is 0 Å². The van der Waals surface area contributed by atoms with Crippen LogP contribution in [0.2, 0.25) is 0 Å². The van der Waals surface area contributed by atoms with Gasteiger partial charge in [0.2, 0.25) is 5.91 Å². The number of rotatable bonds is 7. The van der Waals surface area contributed by atoms with Crippen LogP contribution in [0.4, 0.5) is 0 Å². The van der Waals surface area contributed by atoms with Gasteiger partial charge in [-0.15, -0.1) is 0 Å². The summed E-state index contributed by atoms with van der Waals surface area (Å²) in [4.78, 5) is 45.7. The standard InChI is InChI=1S/C26H34N4O5/c1-4-35-20-14-10-9-11-18(20)15-30-23(31)22-21(24(32)34-3)27-17-29(22)16-26(30,2)25(33)28-19-12-7-5-6-8-13-19/h9-11,14,17,19H,4-8,12-13,15-16H2,1-3H3,(H,28,33)/t26-/m1/s1. The number of carbonyl (C=O) groups is 3. The lowest BCUT2D eigenvalue weighted by Crippen LogP contribution is -2.64. The Morgan fingerprint density at radius 3 is 2.57 bits per heavy atom. The zero-order valence-electron chi connectivity index (χ0n) is 20.7. The summed E-state index contributed by atoms with van der Waals surface area (Å²) >= 11 is 0. The number of ether oxygens (including phenoxy) is 2. The molecule has 188 valence electrons. The monoisotopic (exact) mass is 482 g/mol. The highest BCUT2D eigenvalue weighted by molar-refractivity contribution is 6.06. The highest BCUT2D eigenvalue weighted by Gasteiger charge is 2.49. The summed E-state index contributed by atoms with van der Waals surface area (Å²) in [7, 11) is 1.25. The zero-order valence-corrected chi connectivity index (χ0v) is 20.7. The van der Waals surface area contributed by atoms with Crippen LogP contribution in [0.3, 0.4) is 0 Å². The molecule has 4 rings (SSSR count). The van der Waals surface area contributed by atoms with Crippen LogP contribution in [0, 0.1) is 0 Å². The topological polar surface area (TPSA) is 103 Å². The second-order valence-corrected chi connectivity index (χ2v) is 9.43. The molecule has 0 unspecified atom stereocenters. The lowest BCUT2D eigenvalue weighted by atomic mass is 9.92. The highest BCUT2D eigenvalue weighted by Crippen LogP contribution is 2.33. The molecule has 0 radical (unpaired) electrons. The Kier molecular flexibility index (Phi) is 7.42. The van der Waals surface area contributed by atoms with Gasteiger partial charge >= 0.3 is 5.97 Å². The molecule has 0 bridgehead atoms. The van der Waals surface area contributed by atoms with Crippen LogP contribution in [-0.4, -0.2) is 57.5 Å². The fraction of sp³-hybridized carbons (Fsp3) is 0.538. The molecule has 1 fully saturated rings. The molecule has 2 heterocycles. The number of methoxy groups -OCH3 is 1. The Morgan fingerprint density at radius 2 is 1.89 bits per heavy atom. The maximum atomic E-state index is 13.9. The molecule has 1 aliphatic heterocycles. The van der Waals surface area contributed by atoms with Gasteiger partial charge < -0.3 is 24.3 Å². The number of imidazole rings is 1. The molecule has 0 spiro atoms. The lowest BCUT2D eigenvalue weighted by molar-refractivity contribution is -0.134. The zero-order chi connectivity index (χ0) is 25.0. The van der Waals surface area contributed by atoms with E-state index in [4.69, 9.17) is 9.47 Å². The lowest BCUT2D eigenvalue weighted by Gasteiger charge is -2.44. The number of hydrogen-bond donors (Lipinski definition) is 1. The Bertz CT molecular complexity index is 1090. The van der Waals surface area contributed by atoms with E-state index in [1.807, 2.05) is 31.2 Å².